The Morgan fingerprint density at radius 3 is 2.58 bits per heavy atom. The predicted octanol–water partition coefficient (Wildman–Crippen LogP) is -0.549. The average molecular weight is 267 g/mol. The molecular formula is C12H21N5O2. The summed E-state index contributed by atoms with van der Waals surface area (Å²) in [5.74, 6) is -0.656. The molecule has 0 aliphatic carbocycles. The first-order valence-electron chi connectivity index (χ1n) is 6.02. The van der Waals surface area contributed by atoms with E-state index in [9.17, 15) is 9.59 Å². The van der Waals surface area contributed by atoms with Crippen molar-refractivity contribution in [2.75, 3.05) is 6.54 Å². The minimum Gasteiger partial charge on any atom is -0.350 e. The lowest BCUT2D eigenvalue weighted by Gasteiger charge is -2.20. The number of hydrogen-bond donors (Lipinski definition) is 3. The molecule has 0 saturated heterocycles. The topological polar surface area (TPSA) is 102 Å². The smallest absolute Gasteiger partial charge is 0.242 e. The molecule has 0 spiro atoms. The van der Waals surface area contributed by atoms with Gasteiger partial charge in [0.25, 0.3) is 0 Å². The standard InChI is InChI=1S/C12H21N5O2/c1-12(2,3)16-9(18)6-14-11(19)10(13)8-5-15-17(4)7-8/h5,7,10H,6,13H2,1-4H3,(H,14,19)(H,16,18). The lowest BCUT2D eigenvalue weighted by Crippen LogP contribution is -2.47. The lowest BCUT2D eigenvalue weighted by atomic mass is 10.1. The number of carbonyl (C=O) groups excluding carboxylic acids is 2. The Kier molecular flexibility index (Phi) is 4.66. The Hall–Kier alpha value is -1.89. The lowest BCUT2D eigenvalue weighted by molar-refractivity contribution is -0.127. The minimum absolute atomic E-state index is 0.0932. The molecule has 1 atom stereocenters. The molecule has 0 aliphatic heterocycles. The van der Waals surface area contributed by atoms with Crippen LogP contribution in [0.3, 0.4) is 0 Å². The first-order chi connectivity index (χ1) is 8.69. The van der Waals surface area contributed by atoms with Crippen molar-refractivity contribution >= 4 is 11.8 Å². The molecule has 0 radical (unpaired) electrons. The van der Waals surface area contributed by atoms with Gasteiger partial charge in [0.1, 0.15) is 6.04 Å². The quantitative estimate of drug-likeness (QED) is 0.681. The molecule has 1 aromatic heterocycles. The molecule has 4 N–H and O–H groups in total. The number of hydrogen-bond acceptors (Lipinski definition) is 4. The average Bonchev–Trinajstić information content (AvgIpc) is 2.69. The SMILES string of the molecule is Cn1cc(C(N)C(=O)NCC(=O)NC(C)(C)C)cn1. The van der Waals surface area contributed by atoms with E-state index in [1.165, 1.54) is 6.20 Å². The molecule has 0 saturated carbocycles. The highest BCUT2D eigenvalue weighted by Crippen LogP contribution is 2.07. The maximum absolute atomic E-state index is 11.8. The van der Waals surface area contributed by atoms with Crippen LogP contribution in [0.2, 0.25) is 0 Å². The summed E-state index contributed by atoms with van der Waals surface area (Å²) in [6.45, 7) is 5.51. The Bertz CT molecular complexity index is 461. The molecule has 0 fully saturated rings. The summed E-state index contributed by atoms with van der Waals surface area (Å²) in [6, 6.07) is -0.823. The molecule has 2 amide bonds. The minimum atomic E-state index is -0.823. The number of aryl methyl sites for hydroxylation is 1. The van der Waals surface area contributed by atoms with E-state index < -0.39 is 11.9 Å². The van der Waals surface area contributed by atoms with Crippen molar-refractivity contribution in [3.8, 4) is 0 Å². The molecule has 7 nitrogen and oxygen atoms in total. The summed E-state index contributed by atoms with van der Waals surface area (Å²) in [5.41, 5.74) is 6.05. The fourth-order valence-corrected chi connectivity index (χ4v) is 1.49. The van der Waals surface area contributed by atoms with Crippen molar-refractivity contribution in [1.29, 1.82) is 0 Å². The van der Waals surface area contributed by atoms with Crippen molar-refractivity contribution in [3.63, 3.8) is 0 Å². The molecule has 106 valence electrons. The zero-order valence-corrected chi connectivity index (χ0v) is 11.7. The molecule has 19 heavy (non-hydrogen) atoms. The summed E-state index contributed by atoms with van der Waals surface area (Å²) < 4.78 is 1.56. The van der Waals surface area contributed by atoms with Crippen molar-refractivity contribution in [3.05, 3.63) is 18.0 Å². The van der Waals surface area contributed by atoms with Gasteiger partial charge in [-0.05, 0) is 20.8 Å². The summed E-state index contributed by atoms with van der Waals surface area (Å²) >= 11 is 0. The largest absolute Gasteiger partial charge is 0.350 e. The van der Waals surface area contributed by atoms with E-state index in [0.717, 1.165) is 0 Å². The second kappa shape index (κ2) is 5.83. The van der Waals surface area contributed by atoms with Gasteiger partial charge in [-0.1, -0.05) is 0 Å². The van der Waals surface area contributed by atoms with Crippen LogP contribution in [-0.2, 0) is 16.6 Å². The van der Waals surface area contributed by atoms with Gasteiger partial charge < -0.3 is 16.4 Å². The first kappa shape index (κ1) is 15.2. The van der Waals surface area contributed by atoms with E-state index in [2.05, 4.69) is 15.7 Å². The molecular weight excluding hydrogens is 246 g/mol. The maximum atomic E-state index is 11.8. The molecule has 7 heteroatoms. The predicted molar refractivity (Wildman–Crippen MR) is 71.0 cm³/mol. The number of rotatable bonds is 4. The van der Waals surface area contributed by atoms with Gasteiger partial charge in [0.05, 0.1) is 12.7 Å². The van der Waals surface area contributed by atoms with Gasteiger partial charge in [-0.3, -0.25) is 14.3 Å². The van der Waals surface area contributed by atoms with Gasteiger partial charge >= 0.3 is 0 Å². The second-order valence-corrected chi connectivity index (χ2v) is 5.44. The number of aromatic nitrogens is 2. The van der Waals surface area contributed by atoms with Crippen molar-refractivity contribution < 1.29 is 9.59 Å². The van der Waals surface area contributed by atoms with E-state index in [1.807, 2.05) is 20.8 Å². The number of nitrogens with two attached hydrogens (primary N) is 1. The van der Waals surface area contributed by atoms with Crippen LogP contribution in [-0.4, -0.2) is 33.7 Å². The number of nitrogens with zero attached hydrogens (tertiary/aromatic N) is 2. The number of nitrogens with one attached hydrogen (secondary N) is 2. The summed E-state index contributed by atoms with van der Waals surface area (Å²) in [6.07, 6.45) is 3.19. The zero-order chi connectivity index (χ0) is 14.6. The summed E-state index contributed by atoms with van der Waals surface area (Å²) in [4.78, 5) is 23.3. The fraction of sp³-hybridized carbons (Fsp3) is 0.583. The highest BCUT2D eigenvalue weighted by Gasteiger charge is 2.19. The Balaban J connectivity index is 2.45. The maximum Gasteiger partial charge on any atom is 0.242 e. The molecule has 1 unspecified atom stereocenters. The molecule has 0 bridgehead atoms. The van der Waals surface area contributed by atoms with Gasteiger partial charge in [0.2, 0.25) is 11.8 Å². The van der Waals surface area contributed by atoms with Crippen LogP contribution >= 0.6 is 0 Å². The van der Waals surface area contributed by atoms with Crippen molar-refractivity contribution in [2.24, 2.45) is 12.8 Å². The highest BCUT2D eigenvalue weighted by molar-refractivity contribution is 5.88. The normalized spacial score (nSPS) is 12.9. The van der Waals surface area contributed by atoms with Crippen LogP contribution in [0.1, 0.15) is 32.4 Å². The fourth-order valence-electron chi connectivity index (χ4n) is 1.49. The Labute approximate surface area is 112 Å². The summed E-state index contributed by atoms with van der Waals surface area (Å²) in [5, 5.41) is 9.19. The highest BCUT2D eigenvalue weighted by atomic mass is 16.2. The van der Waals surface area contributed by atoms with Gasteiger partial charge in [0, 0.05) is 24.3 Å². The van der Waals surface area contributed by atoms with Crippen LogP contribution < -0.4 is 16.4 Å². The number of carbonyl (C=O) groups is 2. The van der Waals surface area contributed by atoms with Crippen molar-refractivity contribution in [1.82, 2.24) is 20.4 Å². The van der Waals surface area contributed by atoms with Crippen LogP contribution in [0.4, 0.5) is 0 Å². The third-order valence-corrected chi connectivity index (χ3v) is 2.30. The molecule has 0 aliphatic rings. The van der Waals surface area contributed by atoms with Gasteiger partial charge in [-0.15, -0.1) is 0 Å². The third kappa shape index (κ3) is 5.09. The number of amides is 2. The first-order valence-corrected chi connectivity index (χ1v) is 6.02. The van der Waals surface area contributed by atoms with E-state index in [1.54, 1.807) is 17.9 Å². The van der Waals surface area contributed by atoms with Crippen LogP contribution in [0.15, 0.2) is 12.4 Å². The van der Waals surface area contributed by atoms with E-state index >= 15 is 0 Å². The van der Waals surface area contributed by atoms with E-state index in [0.29, 0.717) is 5.56 Å². The Morgan fingerprint density at radius 1 is 1.47 bits per heavy atom. The van der Waals surface area contributed by atoms with Crippen molar-refractivity contribution in [2.45, 2.75) is 32.4 Å². The molecule has 1 rings (SSSR count). The van der Waals surface area contributed by atoms with Gasteiger partial charge in [-0.25, -0.2) is 0 Å². The Morgan fingerprint density at radius 2 is 2.11 bits per heavy atom. The molecule has 1 aromatic rings. The van der Waals surface area contributed by atoms with Crippen LogP contribution in [0.5, 0.6) is 0 Å². The van der Waals surface area contributed by atoms with Crippen LogP contribution in [0, 0.1) is 0 Å². The second-order valence-electron chi connectivity index (χ2n) is 5.44. The van der Waals surface area contributed by atoms with Crippen LogP contribution in [0.25, 0.3) is 0 Å². The summed E-state index contributed by atoms with van der Waals surface area (Å²) in [7, 11) is 1.74. The van der Waals surface area contributed by atoms with E-state index in [-0.39, 0.29) is 18.0 Å². The third-order valence-electron chi connectivity index (χ3n) is 2.30. The molecule has 1 heterocycles. The monoisotopic (exact) mass is 267 g/mol. The van der Waals surface area contributed by atoms with E-state index in [4.69, 9.17) is 5.73 Å². The molecule has 0 aromatic carbocycles. The van der Waals surface area contributed by atoms with Gasteiger partial charge in [0.15, 0.2) is 0 Å². The zero-order valence-electron chi connectivity index (χ0n) is 11.7. The van der Waals surface area contributed by atoms with Gasteiger partial charge in [-0.2, -0.15) is 5.10 Å².